The lowest BCUT2D eigenvalue weighted by Gasteiger charge is -2.13. The summed E-state index contributed by atoms with van der Waals surface area (Å²) in [4.78, 5) is 32.9. The zero-order valence-corrected chi connectivity index (χ0v) is 13.2. The van der Waals surface area contributed by atoms with Crippen LogP contribution in [0, 0.1) is 0 Å². The van der Waals surface area contributed by atoms with Crippen molar-refractivity contribution in [1.29, 1.82) is 0 Å². The Morgan fingerprint density at radius 3 is 2.44 bits per heavy atom. The van der Waals surface area contributed by atoms with Crippen molar-refractivity contribution < 1.29 is 18.8 Å². The van der Waals surface area contributed by atoms with Gasteiger partial charge in [-0.1, -0.05) is 47.6 Å². The highest BCUT2D eigenvalue weighted by molar-refractivity contribution is 6.54. The van der Waals surface area contributed by atoms with Gasteiger partial charge in [0.2, 0.25) is 11.7 Å². The summed E-state index contributed by atoms with van der Waals surface area (Å²) < 4.78 is 5.92. The largest absolute Gasteiger partial charge is 0.435 e. The number of carbonyl (C=O) groups is 2. The highest BCUT2D eigenvalue weighted by Crippen LogP contribution is 2.36. The Hall–Kier alpha value is -3.54. The third-order valence-corrected chi connectivity index (χ3v) is 3.77. The Labute approximate surface area is 142 Å². The molecule has 122 valence electrons. The first-order valence-electron chi connectivity index (χ1n) is 7.61. The summed E-state index contributed by atoms with van der Waals surface area (Å²) in [5.74, 6) is -0.185. The van der Waals surface area contributed by atoms with Crippen LogP contribution >= 0.6 is 0 Å². The van der Waals surface area contributed by atoms with Gasteiger partial charge in [-0.05, 0) is 12.1 Å². The fraction of sp³-hybridized carbons (Fsp3) is 0.0526. The summed E-state index contributed by atoms with van der Waals surface area (Å²) in [5.41, 5.74) is 2.06. The molecule has 0 unspecified atom stereocenters. The Morgan fingerprint density at radius 1 is 1.04 bits per heavy atom. The fourth-order valence-corrected chi connectivity index (χ4v) is 2.68. The number of rotatable bonds is 2. The van der Waals surface area contributed by atoms with Crippen LogP contribution in [0.5, 0.6) is 0 Å². The van der Waals surface area contributed by atoms with E-state index in [2.05, 4.69) is 15.0 Å². The second kappa shape index (κ2) is 5.83. The molecule has 0 bridgehead atoms. The van der Waals surface area contributed by atoms with Gasteiger partial charge in [0.05, 0.1) is 0 Å². The third-order valence-electron chi connectivity index (χ3n) is 3.77. The fourth-order valence-electron chi connectivity index (χ4n) is 2.68. The number of fused-ring (bicyclic) bond motifs is 3. The molecule has 0 N–H and O–H groups in total. The van der Waals surface area contributed by atoms with Crippen molar-refractivity contribution in [1.82, 2.24) is 4.98 Å². The van der Waals surface area contributed by atoms with E-state index in [-0.39, 0.29) is 17.2 Å². The van der Waals surface area contributed by atoms with Gasteiger partial charge in [-0.3, -0.25) is 4.79 Å². The molecule has 0 fully saturated rings. The second-order valence-corrected chi connectivity index (χ2v) is 5.46. The predicted octanol–water partition coefficient (Wildman–Crippen LogP) is 3.47. The number of oxime groups is 1. The topological polar surface area (TPSA) is 81.8 Å². The maximum Gasteiger partial charge on any atom is 0.332 e. The number of nitrogens with zero attached hydrogens (tertiary/aromatic N) is 2. The molecule has 0 aliphatic heterocycles. The van der Waals surface area contributed by atoms with Crippen LogP contribution in [-0.4, -0.2) is 22.4 Å². The minimum atomic E-state index is -0.618. The van der Waals surface area contributed by atoms with Gasteiger partial charge in [-0.25, -0.2) is 9.78 Å². The second-order valence-electron chi connectivity index (χ2n) is 5.46. The Morgan fingerprint density at radius 2 is 1.72 bits per heavy atom. The lowest BCUT2D eigenvalue weighted by molar-refractivity contribution is -0.140. The summed E-state index contributed by atoms with van der Waals surface area (Å²) in [7, 11) is 0. The third kappa shape index (κ3) is 2.53. The summed E-state index contributed by atoms with van der Waals surface area (Å²) in [6.45, 7) is 1.21. The van der Waals surface area contributed by atoms with Crippen LogP contribution in [0.3, 0.4) is 0 Å². The van der Waals surface area contributed by atoms with Crippen LogP contribution in [0.25, 0.3) is 22.8 Å². The number of carbonyl (C=O) groups excluding carboxylic acids is 2. The maximum absolute atomic E-state index is 12.7. The number of ketones is 1. The van der Waals surface area contributed by atoms with E-state index in [1.165, 1.54) is 6.92 Å². The SMILES string of the molecule is CC(=O)ON=C1C(=O)c2ccccc2-c2oc(-c3ccccc3)nc21. The van der Waals surface area contributed by atoms with Crippen molar-refractivity contribution in [3.8, 4) is 22.8 Å². The lowest BCUT2D eigenvalue weighted by Crippen LogP contribution is -2.22. The summed E-state index contributed by atoms with van der Waals surface area (Å²) in [5, 5.41) is 3.71. The number of benzene rings is 2. The maximum atomic E-state index is 12.7. The van der Waals surface area contributed by atoms with Crippen LogP contribution in [0.15, 0.2) is 64.2 Å². The molecule has 1 aliphatic carbocycles. The van der Waals surface area contributed by atoms with E-state index < -0.39 is 5.97 Å². The molecule has 0 amide bonds. The van der Waals surface area contributed by atoms with Crippen LogP contribution in [0.1, 0.15) is 23.0 Å². The Bertz CT molecular complexity index is 1020. The molecule has 0 spiro atoms. The van der Waals surface area contributed by atoms with Gasteiger partial charge >= 0.3 is 5.97 Å². The van der Waals surface area contributed by atoms with E-state index >= 15 is 0 Å². The number of aromatic nitrogens is 1. The van der Waals surface area contributed by atoms with E-state index in [0.29, 0.717) is 22.8 Å². The molecule has 0 radical (unpaired) electrons. The predicted molar refractivity (Wildman–Crippen MR) is 90.0 cm³/mol. The highest BCUT2D eigenvalue weighted by atomic mass is 16.7. The first-order chi connectivity index (χ1) is 12.1. The van der Waals surface area contributed by atoms with Crippen LogP contribution in [0.4, 0.5) is 0 Å². The Balaban J connectivity index is 1.93. The quantitative estimate of drug-likeness (QED) is 0.530. The van der Waals surface area contributed by atoms with Gasteiger partial charge in [0, 0.05) is 23.6 Å². The monoisotopic (exact) mass is 332 g/mol. The molecule has 1 heterocycles. The van der Waals surface area contributed by atoms with Gasteiger partial charge in [-0.15, -0.1) is 0 Å². The molecule has 0 atom stereocenters. The molecule has 4 rings (SSSR count). The molecule has 1 aromatic heterocycles. The lowest BCUT2D eigenvalue weighted by atomic mass is 9.90. The molecule has 2 aromatic carbocycles. The molecule has 1 aliphatic rings. The van der Waals surface area contributed by atoms with Crippen molar-refractivity contribution in [2.75, 3.05) is 0 Å². The minimum absolute atomic E-state index is 0.0465. The van der Waals surface area contributed by atoms with E-state index in [0.717, 1.165) is 5.56 Å². The van der Waals surface area contributed by atoms with Crippen LogP contribution in [-0.2, 0) is 9.63 Å². The first kappa shape index (κ1) is 15.0. The highest BCUT2D eigenvalue weighted by Gasteiger charge is 2.34. The molecule has 6 heteroatoms. The van der Waals surface area contributed by atoms with Crippen molar-refractivity contribution >= 4 is 17.5 Å². The van der Waals surface area contributed by atoms with Crippen LogP contribution < -0.4 is 0 Å². The first-order valence-corrected chi connectivity index (χ1v) is 7.61. The number of oxazole rings is 1. The van der Waals surface area contributed by atoms with Crippen molar-refractivity contribution in [3.05, 3.63) is 65.9 Å². The zero-order chi connectivity index (χ0) is 17.4. The van der Waals surface area contributed by atoms with Gasteiger partial charge in [0.1, 0.15) is 5.69 Å². The number of Topliss-reactive ketones (excluding diaryl/α,β-unsaturated/α-hetero) is 1. The minimum Gasteiger partial charge on any atom is -0.435 e. The van der Waals surface area contributed by atoms with Gasteiger partial charge in [0.15, 0.2) is 11.5 Å². The molecular weight excluding hydrogens is 320 g/mol. The van der Waals surface area contributed by atoms with E-state index in [1.807, 2.05) is 36.4 Å². The van der Waals surface area contributed by atoms with E-state index in [9.17, 15) is 9.59 Å². The smallest absolute Gasteiger partial charge is 0.332 e. The molecule has 0 saturated heterocycles. The van der Waals surface area contributed by atoms with Crippen molar-refractivity contribution in [2.45, 2.75) is 6.92 Å². The number of hydrogen-bond donors (Lipinski definition) is 0. The van der Waals surface area contributed by atoms with Gasteiger partial charge in [-0.2, -0.15) is 0 Å². The summed E-state index contributed by atoms with van der Waals surface area (Å²) >= 11 is 0. The normalized spacial score (nSPS) is 14.1. The average molecular weight is 332 g/mol. The van der Waals surface area contributed by atoms with Crippen molar-refractivity contribution in [3.63, 3.8) is 0 Å². The standard InChI is InChI=1S/C19H12N2O4/c1-11(22)25-21-15-16-18(14-10-6-5-9-13(14)17(15)23)24-19(20-16)12-7-3-2-4-8-12/h2-10H,1H3. The zero-order valence-electron chi connectivity index (χ0n) is 13.2. The molecular formula is C19H12N2O4. The van der Waals surface area contributed by atoms with E-state index in [4.69, 9.17) is 4.42 Å². The molecule has 25 heavy (non-hydrogen) atoms. The van der Waals surface area contributed by atoms with E-state index in [1.54, 1.807) is 18.2 Å². The van der Waals surface area contributed by atoms with Crippen LogP contribution in [0.2, 0.25) is 0 Å². The summed E-state index contributed by atoms with van der Waals surface area (Å²) in [6, 6.07) is 16.4. The number of hydrogen-bond acceptors (Lipinski definition) is 6. The van der Waals surface area contributed by atoms with Crippen molar-refractivity contribution in [2.24, 2.45) is 5.16 Å². The molecule has 6 nitrogen and oxygen atoms in total. The van der Waals surface area contributed by atoms with Gasteiger partial charge < -0.3 is 9.25 Å². The summed E-state index contributed by atoms with van der Waals surface area (Å²) in [6.07, 6.45) is 0. The average Bonchev–Trinajstić information content (AvgIpc) is 3.07. The molecule has 0 saturated carbocycles. The van der Waals surface area contributed by atoms with Gasteiger partial charge in [0.25, 0.3) is 0 Å². The molecule has 3 aromatic rings. The Kier molecular flexibility index (Phi) is 3.50.